The van der Waals surface area contributed by atoms with Crippen molar-refractivity contribution in [1.82, 2.24) is 0 Å². The minimum Gasteiger partial charge on any atom is -0.152 e. The molecule has 0 atom stereocenters. The Bertz CT molecular complexity index is 764. The third-order valence-electron chi connectivity index (χ3n) is 3.30. The van der Waals surface area contributed by atoms with Crippen LogP contribution in [0.15, 0.2) is 95.7 Å². The fraction of sp³-hybridized carbons (Fsp3) is 0. The number of hydrogen-bond acceptors (Lipinski definition) is 1. The molecule has 0 aliphatic rings. The summed E-state index contributed by atoms with van der Waals surface area (Å²) >= 11 is 1.71. The minimum absolute atomic E-state index is 1.28. The number of rotatable bonds is 1. The highest BCUT2D eigenvalue weighted by Crippen LogP contribution is 2.27. The topological polar surface area (TPSA) is 0 Å². The van der Waals surface area contributed by atoms with Crippen molar-refractivity contribution in [3.8, 4) is 11.1 Å². The second kappa shape index (κ2) is 6.87. The Hall–Kier alpha value is -2.38. The second-order valence-electron chi connectivity index (χ2n) is 4.69. The summed E-state index contributed by atoms with van der Waals surface area (Å²) in [5, 5.41) is 6.69. The van der Waals surface area contributed by atoms with Gasteiger partial charge in [-0.1, -0.05) is 84.9 Å². The first-order valence-corrected chi connectivity index (χ1v) is 7.90. The lowest BCUT2D eigenvalue weighted by Crippen LogP contribution is -1.79. The highest BCUT2D eigenvalue weighted by Gasteiger charge is 2.01. The molecule has 21 heavy (non-hydrogen) atoms. The fourth-order valence-electron chi connectivity index (χ4n) is 2.32. The van der Waals surface area contributed by atoms with Crippen molar-refractivity contribution in [2.24, 2.45) is 0 Å². The zero-order chi connectivity index (χ0) is 14.3. The first-order valence-electron chi connectivity index (χ1n) is 6.95. The van der Waals surface area contributed by atoms with Gasteiger partial charge in [-0.05, 0) is 32.7 Å². The van der Waals surface area contributed by atoms with Crippen LogP contribution in [0.2, 0.25) is 0 Å². The van der Waals surface area contributed by atoms with E-state index in [4.69, 9.17) is 0 Å². The van der Waals surface area contributed by atoms with Gasteiger partial charge in [0.25, 0.3) is 0 Å². The number of hydrogen-bond donors (Lipinski definition) is 0. The van der Waals surface area contributed by atoms with Crippen LogP contribution in [0.25, 0.3) is 21.9 Å². The number of fused-ring (bicyclic) bond motifs is 1. The van der Waals surface area contributed by atoms with Gasteiger partial charge in [-0.2, -0.15) is 11.3 Å². The fourth-order valence-corrected chi connectivity index (χ4v) is 2.78. The van der Waals surface area contributed by atoms with Gasteiger partial charge in [0.15, 0.2) is 0 Å². The largest absolute Gasteiger partial charge is 0.152 e. The summed E-state index contributed by atoms with van der Waals surface area (Å²) in [6, 6.07) is 29.5. The van der Waals surface area contributed by atoms with E-state index in [1.165, 1.54) is 21.9 Å². The van der Waals surface area contributed by atoms with E-state index in [-0.39, 0.29) is 0 Å². The number of benzene rings is 3. The van der Waals surface area contributed by atoms with Gasteiger partial charge in [-0.15, -0.1) is 0 Å². The Balaban J connectivity index is 0.000000225. The van der Waals surface area contributed by atoms with Crippen molar-refractivity contribution in [2.45, 2.75) is 0 Å². The molecule has 0 nitrogen and oxygen atoms in total. The molecule has 0 spiro atoms. The third kappa shape index (κ3) is 3.39. The maximum absolute atomic E-state index is 2.18. The monoisotopic (exact) mass is 288 g/mol. The molecular formula is C20H16S. The van der Waals surface area contributed by atoms with E-state index in [0.29, 0.717) is 0 Å². The molecule has 4 rings (SSSR count). The summed E-state index contributed by atoms with van der Waals surface area (Å²) in [5.41, 5.74) is 2.58. The quantitative estimate of drug-likeness (QED) is 0.388. The van der Waals surface area contributed by atoms with Gasteiger partial charge >= 0.3 is 0 Å². The molecule has 0 unspecified atom stereocenters. The van der Waals surface area contributed by atoms with E-state index in [2.05, 4.69) is 72.8 Å². The van der Waals surface area contributed by atoms with Gasteiger partial charge in [0.2, 0.25) is 0 Å². The molecule has 1 aromatic heterocycles. The Morgan fingerprint density at radius 2 is 1.19 bits per heavy atom. The minimum atomic E-state index is 1.28. The van der Waals surface area contributed by atoms with E-state index in [1.807, 2.05) is 22.9 Å². The van der Waals surface area contributed by atoms with Crippen molar-refractivity contribution in [3.05, 3.63) is 95.7 Å². The molecule has 1 heterocycles. The van der Waals surface area contributed by atoms with Crippen LogP contribution >= 0.6 is 11.3 Å². The molecule has 0 bridgehead atoms. The van der Waals surface area contributed by atoms with E-state index in [9.17, 15) is 0 Å². The molecule has 0 amide bonds. The molecule has 0 radical (unpaired) electrons. The Morgan fingerprint density at radius 3 is 1.90 bits per heavy atom. The van der Waals surface area contributed by atoms with Crippen LogP contribution in [0.3, 0.4) is 0 Å². The molecule has 0 N–H and O–H groups in total. The third-order valence-corrected chi connectivity index (χ3v) is 3.93. The highest BCUT2D eigenvalue weighted by atomic mass is 32.1. The van der Waals surface area contributed by atoms with Gasteiger partial charge in [0.1, 0.15) is 0 Å². The average Bonchev–Trinajstić information content (AvgIpc) is 3.15. The van der Waals surface area contributed by atoms with Crippen LogP contribution < -0.4 is 0 Å². The van der Waals surface area contributed by atoms with E-state index in [0.717, 1.165) is 0 Å². The van der Waals surface area contributed by atoms with Gasteiger partial charge in [-0.25, -0.2) is 0 Å². The smallest absolute Gasteiger partial charge is 0.00934 e. The normalized spacial score (nSPS) is 9.90. The molecule has 0 saturated carbocycles. The predicted octanol–water partition coefficient (Wildman–Crippen LogP) is 6.25. The van der Waals surface area contributed by atoms with Crippen molar-refractivity contribution in [1.29, 1.82) is 0 Å². The van der Waals surface area contributed by atoms with Crippen LogP contribution in [0, 0.1) is 0 Å². The maximum Gasteiger partial charge on any atom is -0.00934 e. The Kier molecular flexibility index (Phi) is 4.45. The lowest BCUT2D eigenvalue weighted by atomic mass is 9.98. The summed E-state index contributed by atoms with van der Waals surface area (Å²) in [7, 11) is 0. The van der Waals surface area contributed by atoms with Crippen molar-refractivity contribution in [3.63, 3.8) is 0 Å². The molecule has 3 aromatic carbocycles. The van der Waals surface area contributed by atoms with Crippen LogP contribution in [0.1, 0.15) is 0 Å². The molecular weight excluding hydrogens is 272 g/mol. The summed E-state index contributed by atoms with van der Waals surface area (Å²) in [5.74, 6) is 0. The first kappa shape index (κ1) is 13.6. The van der Waals surface area contributed by atoms with Crippen LogP contribution in [0.4, 0.5) is 0 Å². The van der Waals surface area contributed by atoms with Crippen LogP contribution in [0.5, 0.6) is 0 Å². The van der Waals surface area contributed by atoms with Crippen molar-refractivity contribution < 1.29 is 0 Å². The molecule has 1 heteroatoms. The Morgan fingerprint density at radius 1 is 0.524 bits per heavy atom. The average molecular weight is 288 g/mol. The molecule has 0 aliphatic heterocycles. The lowest BCUT2D eigenvalue weighted by Gasteiger charge is -2.06. The molecule has 102 valence electrons. The predicted molar refractivity (Wildman–Crippen MR) is 93.7 cm³/mol. The first-order chi connectivity index (χ1) is 10.4. The zero-order valence-corrected chi connectivity index (χ0v) is 12.5. The van der Waals surface area contributed by atoms with Crippen molar-refractivity contribution >= 4 is 22.1 Å². The van der Waals surface area contributed by atoms with Gasteiger partial charge < -0.3 is 0 Å². The molecule has 0 saturated heterocycles. The van der Waals surface area contributed by atoms with Crippen LogP contribution in [-0.2, 0) is 0 Å². The maximum atomic E-state index is 2.18. The van der Waals surface area contributed by atoms with Gasteiger partial charge in [0, 0.05) is 0 Å². The van der Waals surface area contributed by atoms with E-state index in [1.54, 1.807) is 11.3 Å². The van der Waals surface area contributed by atoms with Crippen LogP contribution in [-0.4, -0.2) is 0 Å². The second-order valence-corrected chi connectivity index (χ2v) is 5.50. The summed E-state index contributed by atoms with van der Waals surface area (Å²) in [6.07, 6.45) is 0. The SMILES string of the molecule is c1ccc(-c2cccc3ccccc23)cc1.c1ccsc1. The molecule has 0 aliphatic carbocycles. The summed E-state index contributed by atoms with van der Waals surface area (Å²) < 4.78 is 0. The standard InChI is InChI=1S/C16H12.C4H4S/c1-2-7-13(8-3-1)16-12-6-10-14-9-4-5-11-15(14)16;1-2-4-5-3-1/h1-12H;1-4H. The molecule has 0 fully saturated rings. The number of thiophene rings is 1. The Labute approximate surface area is 129 Å². The highest BCUT2D eigenvalue weighted by molar-refractivity contribution is 7.07. The zero-order valence-electron chi connectivity index (χ0n) is 11.6. The van der Waals surface area contributed by atoms with Crippen molar-refractivity contribution in [2.75, 3.05) is 0 Å². The molecule has 4 aromatic rings. The van der Waals surface area contributed by atoms with Gasteiger partial charge in [0.05, 0.1) is 0 Å². The lowest BCUT2D eigenvalue weighted by molar-refractivity contribution is 1.65. The van der Waals surface area contributed by atoms with Gasteiger partial charge in [-0.3, -0.25) is 0 Å². The van der Waals surface area contributed by atoms with E-state index >= 15 is 0 Å². The summed E-state index contributed by atoms with van der Waals surface area (Å²) in [6.45, 7) is 0. The summed E-state index contributed by atoms with van der Waals surface area (Å²) in [4.78, 5) is 0. The van der Waals surface area contributed by atoms with E-state index < -0.39 is 0 Å².